The number of hydrogen-bond acceptors (Lipinski definition) is 3. The molecule has 3 aliphatic rings. The first-order chi connectivity index (χ1) is 15.6. The second-order valence-electron chi connectivity index (χ2n) is 8.96. The monoisotopic (exact) mass is 486 g/mol. The first-order valence-electron chi connectivity index (χ1n) is 11.1. The lowest BCUT2D eigenvalue weighted by Gasteiger charge is -2.37. The number of ketones is 1. The Balaban J connectivity index is 1.63. The fourth-order valence-electron chi connectivity index (χ4n) is 6.36. The zero-order chi connectivity index (χ0) is 21.9. The molecular formula is C27H23BrN2O2. The number of nitrogens with zero attached hydrogens (tertiary/aromatic N) is 1. The Labute approximate surface area is 195 Å². The Morgan fingerprint density at radius 1 is 1.00 bits per heavy atom. The second kappa shape index (κ2) is 7.39. The lowest BCUT2D eigenvalue weighted by molar-refractivity contribution is -0.127. The molecule has 3 aromatic rings. The standard InChI is InChI=1S/C27H23BrN2O2/c28-19-13-14-21-20(16-19)27(26(32)29-21)24(25(31)18-10-5-2-6-11-18)23(17-8-3-1-4-9-17)22-12-7-15-30(22)27/h1-6,8-11,13-14,16,22-24H,7,12,15H2,(H,29,32)/t22-,23-,24-,27+/m0/s1. The van der Waals surface area contributed by atoms with Crippen molar-refractivity contribution >= 4 is 33.3 Å². The van der Waals surface area contributed by atoms with Gasteiger partial charge >= 0.3 is 0 Å². The van der Waals surface area contributed by atoms with Crippen LogP contribution in [0.2, 0.25) is 0 Å². The topological polar surface area (TPSA) is 49.4 Å². The highest BCUT2D eigenvalue weighted by molar-refractivity contribution is 9.10. The highest BCUT2D eigenvalue weighted by Crippen LogP contribution is 2.61. The number of fused-ring (bicyclic) bond motifs is 4. The quantitative estimate of drug-likeness (QED) is 0.507. The summed E-state index contributed by atoms with van der Waals surface area (Å²) in [6.07, 6.45) is 2.01. The van der Waals surface area contributed by atoms with Crippen LogP contribution in [0, 0.1) is 5.92 Å². The van der Waals surface area contributed by atoms with Crippen LogP contribution in [0.3, 0.4) is 0 Å². The summed E-state index contributed by atoms with van der Waals surface area (Å²) in [5, 5.41) is 3.12. The van der Waals surface area contributed by atoms with E-state index in [-0.39, 0.29) is 23.7 Å². The fraction of sp³-hybridized carbons (Fsp3) is 0.259. The molecule has 2 saturated heterocycles. The summed E-state index contributed by atoms with van der Waals surface area (Å²) in [4.78, 5) is 30.5. The molecule has 0 radical (unpaired) electrons. The van der Waals surface area contributed by atoms with E-state index in [1.54, 1.807) is 0 Å². The molecule has 1 N–H and O–H groups in total. The van der Waals surface area contributed by atoms with Crippen LogP contribution in [0.4, 0.5) is 5.69 Å². The third kappa shape index (κ3) is 2.64. The van der Waals surface area contributed by atoms with Gasteiger partial charge in [0.15, 0.2) is 5.78 Å². The number of benzene rings is 3. The van der Waals surface area contributed by atoms with E-state index in [0.717, 1.165) is 40.7 Å². The van der Waals surface area contributed by atoms with Crippen LogP contribution >= 0.6 is 15.9 Å². The molecule has 160 valence electrons. The maximum Gasteiger partial charge on any atom is 0.250 e. The van der Waals surface area contributed by atoms with E-state index >= 15 is 0 Å². The van der Waals surface area contributed by atoms with Crippen LogP contribution in [-0.2, 0) is 10.3 Å². The number of Topliss-reactive ketones (excluding diaryl/α,β-unsaturated/α-hetero) is 1. The Bertz CT molecular complexity index is 1210. The van der Waals surface area contributed by atoms with Gasteiger partial charge in [-0.05, 0) is 43.1 Å². The molecule has 3 aromatic carbocycles. The van der Waals surface area contributed by atoms with E-state index in [0.29, 0.717) is 5.56 Å². The summed E-state index contributed by atoms with van der Waals surface area (Å²) in [6, 6.07) is 25.8. The molecule has 4 atom stereocenters. The van der Waals surface area contributed by atoms with Crippen LogP contribution in [0.1, 0.15) is 40.2 Å². The van der Waals surface area contributed by atoms with Crippen molar-refractivity contribution in [1.29, 1.82) is 0 Å². The smallest absolute Gasteiger partial charge is 0.250 e. The van der Waals surface area contributed by atoms with Crippen molar-refractivity contribution in [3.63, 3.8) is 0 Å². The number of nitrogens with one attached hydrogen (secondary N) is 1. The predicted octanol–water partition coefficient (Wildman–Crippen LogP) is 5.36. The van der Waals surface area contributed by atoms with E-state index in [2.05, 4.69) is 38.3 Å². The third-order valence-electron chi connectivity index (χ3n) is 7.49. The van der Waals surface area contributed by atoms with Crippen LogP contribution in [-0.4, -0.2) is 29.2 Å². The Kier molecular flexibility index (Phi) is 4.60. The van der Waals surface area contributed by atoms with E-state index in [1.165, 1.54) is 0 Å². The van der Waals surface area contributed by atoms with Gasteiger partial charge < -0.3 is 5.32 Å². The molecular weight excluding hydrogens is 464 g/mol. The maximum absolute atomic E-state index is 14.2. The zero-order valence-electron chi connectivity index (χ0n) is 17.5. The van der Waals surface area contributed by atoms with Crippen molar-refractivity contribution in [3.05, 3.63) is 100 Å². The average Bonchev–Trinajstić information content (AvgIpc) is 3.48. The molecule has 0 aromatic heterocycles. The van der Waals surface area contributed by atoms with E-state index in [9.17, 15) is 9.59 Å². The summed E-state index contributed by atoms with van der Waals surface area (Å²) in [5.41, 5.74) is 2.51. The molecule has 4 nitrogen and oxygen atoms in total. The minimum absolute atomic E-state index is 0.0387. The Morgan fingerprint density at radius 3 is 2.47 bits per heavy atom. The fourth-order valence-corrected chi connectivity index (χ4v) is 6.72. The van der Waals surface area contributed by atoms with E-state index in [1.807, 2.05) is 66.7 Å². The summed E-state index contributed by atoms with van der Waals surface area (Å²) in [5.74, 6) is -0.600. The highest BCUT2D eigenvalue weighted by atomic mass is 79.9. The van der Waals surface area contributed by atoms with E-state index < -0.39 is 11.5 Å². The van der Waals surface area contributed by atoms with Crippen molar-refractivity contribution in [1.82, 2.24) is 4.90 Å². The lowest BCUT2D eigenvalue weighted by atomic mass is 9.69. The highest BCUT2D eigenvalue weighted by Gasteiger charge is 2.69. The van der Waals surface area contributed by atoms with Crippen LogP contribution in [0.25, 0.3) is 0 Å². The van der Waals surface area contributed by atoms with Crippen LogP contribution < -0.4 is 5.32 Å². The molecule has 0 bridgehead atoms. The van der Waals surface area contributed by atoms with Gasteiger partial charge in [0.25, 0.3) is 0 Å². The number of carbonyl (C=O) groups excluding carboxylic acids is 2. The molecule has 3 heterocycles. The number of amides is 1. The van der Waals surface area contributed by atoms with Gasteiger partial charge in [-0.1, -0.05) is 76.6 Å². The van der Waals surface area contributed by atoms with Gasteiger partial charge in [0, 0.05) is 33.2 Å². The predicted molar refractivity (Wildman–Crippen MR) is 128 cm³/mol. The summed E-state index contributed by atoms with van der Waals surface area (Å²) < 4.78 is 0.914. The van der Waals surface area contributed by atoms with Gasteiger partial charge in [-0.3, -0.25) is 14.5 Å². The van der Waals surface area contributed by atoms with Gasteiger partial charge in [0.1, 0.15) is 5.54 Å². The third-order valence-corrected chi connectivity index (χ3v) is 7.98. The largest absolute Gasteiger partial charge is 0.324 e. The molecule has 0 aliphatic carbocycles. The van der Waals surface area contributed by atoms with Crippen molar-refractivity contribution < 1.29 is 9.59 Å². The second-order valence-corrected chi connectivity index (χ2v) is 9.87. The zero-order valence-corrected chi connectivity index (χ0v) is 19.1. The number of anilines is 1. The molecule has 3 aliphatic heterocycles. The minimum atomic E-state index is -1.01. The molecule has 0 saturated carbocycles. The minimum Gasteiger partial charge on any atom is -0.324 e. The molecule has 32 heavy (non-hydrogen) atoms. The number of carbonyl (C=O) groups is 2. The van der Waals surface area contributed by atoms with Crippen molar-refractivity contribution in [2.75, 3.05) is 11.9 Å². The maximum atomic E-state index is 14.2. The SMILES string of the molecule is O=C(c1ccccc1)[C@@H]1[C@@H](c2ccccc2)[C@@H]2CCCN2[C@@]12C(=O)Nc1ccc(Br)cc12. The first kappa shape index (κ1) is 19.9. The normalized spacial score (nSPS) is 28.5. The van der Waals surface area contributed by atoms with Gasteiger partial charge in [-0.2, -0.15) is 0 Å². The van der Waals surface area contributed by atoms with Gasteiger partial charge in [0.2, 0.25) is 5.91 Å². The number of hydrogen-bond donors (Lipinski definition) is 1. The first-order valence-corrected chi connectivity index (χ1v) is 11.9. The van der Waals surface area contributed by atoms with Crippen LogP contribution in [0.15, 0.2) is 83.3 Å². The average molecular weight is 487 g/mol. The molecule has 5 heteroatoms. The van der Waals surface area contributed by atoms with Crippen molar-refractivity contribution in [2.45, 2.75) is 30.3 Å². The lowest BCUT2D eigenvalue weighted by Crippen LogP contribution is -2.52. The Hall–Kier alpha value is -2.76. The van der Waals surface area contributed by atoms with Crippen molar-refractivity contribution in [2.24, 2.45) is 5.92 Å². The molecule has 0 unspecified atom stereocenters. The van der Waals surface area contributed by atoms with Gasteiger partial charge in [-0.15, -0.1) is 0 Å². The summed E-state index contributed by atoms with van der Waals surface area (Å²) >= 11 is 3.61. The van der Waals surface area contributed by atoms with Crippen LogP contribution in [0.5, 0.6) is 0 Å². The Morgan fingerprint density at radius 2 is 1.72 bits per heavy atom. The molecule has 2 fully saturated rings. The molecule has 1 amide bonds. The number of halogens is 1. The van der Waals surface area contributed by atoms with Crippen molar-refractivity contribution in [3.8, 4) is 0 Å². The number of rotatable bonds is 3. The summed E-state index contributed by atoms with van der Waals surface area (Å²) in [6.45, 7) is 0.811. The molecule has 1 spiro atoms. The van der Waals surface area contributed by atoms with E-state index in [4.69, 9.17) is 0 Å². The van der Waals surface area contributed by atoms with Gasteiger partial charge in [-0.25, -0.2) is 0 Å². The van der Waals surface area contributed by atoms with Gasteiger partial charge in [0.05, 0.1) is 5.92 Å². The molecule has 6 rings (SSSR count). The summed E-state index contributed by atoms with van der Waals surface area (Å²) in [7, 11) is 0.